The van der Waals surface area contributed by atoms with Crippen LogP contribution in [0.5, 0.6) is 0 Å². The number of benzene rings is 2. The Balaban J connectivity index is 1.55. The van der Waals surface area contributed by atoms with E-state index in [1.165, 1.54) is 6.07 Å². The summed E-state index contributed by atoms with van der Waals surface area (Å²) in [4.78, 5) is 0. The SMILES string of the molecule is OC[C@H]1O[C@](O)(c2ccc(Cl)c(Cc3ccc(C#CC4(O)CCC4)cc3)c2)[C@H](O)[C@@H](O)[C@@H]1O. The molecule has 2 aromatic carbocycles. The average Bonchev–Trinajstić information content (AvgIpc) is 2.79. The van der Waals surface area contributed by atoms with Gasteiger partial charge in [0.05, 0.1) is 6.61 Å². The molecule has 0 spiro atoms. The molecule has 1 saturated heterocycles. The zero-order valence-corrected chi connectivity index (χ0v) is 18.6. The van der Waals surface area contributed by atoms with Gasteiger partial charge in [0, 0.05) is 16.1 Å². The highest BCUT2D eigenvalue weighted by atomic mass is 35.5. The van der Waals surface area contributed by atoms with Gasteiger partial charge in [-0.15, -0.1) is 0 Å². The van der Waals surface area contributed by atoms with Gasteiger partial charge in [-0.2, -0.15) is 0 Å². The summed E-state index contributed by atoms with van der Waals surface area (Å²) in [5.41, 5.74) is 1.62. The lowest BCUT2D eigenvalue weighted by molar-refractivity contribution is -0.357. The topological polar surface area (TPSA) is 131 Å². The quantitative estimate of drug-likeness (QED) is 0.362. The van der Waals surface area contributed by atoms with Crippen molar-refractivity contribution >= 4 is 11.6 Å². The molecule has 0 radical (unpaired) electrons. The van der Waals surface area contributed by atoms with E-state index < -0.39 is 42.4 Å². The van der Waals surface area contributed by atoms with Gasteiger partial charge in [-0.3, -0.25) is 0 Å². The van der Waals surface area contributed by atoms with E-state index in [4.69, 9.17) is 16.3 Å². The van der Waals surface area contributed by atoms with E-state index in [1.54, 1.807) is 12.1 Å². The van der Waals surface area contributed by atoms with Gasteiger partial charge in [-0.1, -0.05) is 41.6 Å². The first-order valence-corrected chi connectivity index (χ1v) is 11.2. The van der Waals surface area contributed by atoms with Crippen LogP contribution < -0.4 is 0 Å². The Labute approximate surface area is 196 Å². The molecule has 1 heterocycles. The van der Waals surface area contributed by atoms with Gasteiger partial charge in [-0.25, -0.2) is 0 Å². The average molecular weight is 475 g/mol. The number of aliphatic hydroxyl groups excluding tert-OH is 4. The third-order valence-electron chi connectivity index (χ3n) is 6.39. The molecule has 2 aliphatic rings. The molecule has 4 rings (SSSR count). The fourth-order valence-corrected chi connectivity index (χ4v) is 4.26. The number of aliphatic hydroxyl groups is 6. The van der Waals surface area contributed by atoms with E-state index >= 15 is 0 Å². The molecular formula is C25H27ClO7. The Hall–Kier alpha value is -1.99. The van der Waals surface area contributed by atoms with Gasteiger partial charge in [0.2, 0.25) is 5.79 Å². The van der Waals surface area contributed by atoms with Crippen LogP contribution in [0, 0.1) is 11.8 Å². The summed E-state index contributed by atoms with van der Waals surface area (Å²) in [7, 11) is 0. The third-order valence-corrected chi connectivity index (χ3v) is 6.76. The fraction of sp³-hybridized carbons (Fsp3) is 0.440. The second-order valence-electron chi connectivity index (χ2n) is 8.78. The van der Waals surface area contributed by atoms with Crippen LogP contribution in [0.25, 0.3) is 0 Å². The molecule has 1 saturated carbocycles. The summed E-state index contributed by atoms with van der Waals surface area (Å²) in [6, 6.07) is 12.0. The van der Waals surface area contributed by atoms with Crippen molar-refractivity contribution in [3.05, 3.63) is 69.7 Å². The molecule has 0 amide bonds. The van der Waals surface area contributed by atoms with Crippen LogP contribution in [0.1, 0.15) is 41.5 Å². The van der Waals surface area contributed by atoms with Crippen molar-refractivity contribution in [1.82, 2.24) is 0 Å². The highest BCUT2D eigenvalue weighted by Gasteiger charge is 2.53. The van der Waals surface area contributed by atoms with E-state index in [0.29, 0.717) is 29.8 Å². The fourth-order valence-electron chi connectivity index (χ4n) is 4.08. The molecule has 2 fully saturated rings. The normalized spacial score (nSPS) is 30.8. The van der Waals surface area contributed by atoms with Crippen molar-refractivity contribution in [1.29, 1.82) is 0 Å². The van der Waals surface area contributed by atoms with Crippen molar-refractivity contribution in [3.8, 4) is 11.8 Å². The number of hydrogen-bond acceptors (Lipinski definition) is 7. The highest BCUT2D eigenvalue weighted by Crippen LogP contribution is 2.38. The molecule has 6 N–H and O–H groups in total. The Morgan fingerprint density at radius 3 is 2.30 bits per heavy atom. The largest absolute Gasteiger partial charge is 0.394 e. The van der Waals surface area contributed by atoms with Crippen molar-refractivity contribution < 1.29 is 35.4 Å². The summed E-state index contributed by atoms with van der Waals surface area (Å²) in [6.45, 7) is -0.652. The smallest absolute Gasteiger partial charge is 0.222 e. The summed E-state index contributed by atoms with van der Waals surface area (Å²) >= 11 is 6.36. The maximum Gasteiger partial charge on any atom is 0.222 e. The van der Waals surface area contributed by atoms with Gasteiger partial charge in [-0.05, 0) is 61.1 Å². The van der Waals surface area contributed by atoms with E-state index in [-0.39, 0.29) is 5.56 Å². The lowest BCUT2D eigenvalue weighted by Crippen LogP contribution is -2.63. The molecule has 1 aliphatic carbocycles. The van der Waals surface area contributed by atoms with Gasteiger partial charge < -0.3 is 35.4 Å². The first kappa shape index (κ1) is 24.1. The highest BCUT2D eigenvalue weighted by molar-refractivity contribution is 6.31. The number of hydrogen-bond donors (Lipinski definition) is 6. The maximum absolute atomic E-state index is 11.0. The lowest BCUT2D eigenvalue weighted by atomic mass is 9.81. The van der Waals surface area contributed by atoms with Crippen LogP contribution in [-0.4, -0.2) is 67.3 Å². The molecule has 176 valence electrons. The molecule has 7 nitrogen and oxygen atoms in total. The van der Waals surface area contributed by atoms with Gasteiger partial charge in [0.15, 0.2) is 0 Å². The molecule has 8 heteroatoms. The van der Waals surface area contributed by atoms with Crippen LogP contribution in [0.4, 0.5) is 0 Å². The van der Waals surface area contributed by atoms with Crippen LogP contribution >= 0.6 is 11.6 Å². The first-order chi connectivity index (χ1) is 15.6. The van der Waals surface area contributed by atoms with Crippen molar-refractivity contribution in [3.63, 3.8) is 0 Å². The Morgan fingerprint density at radius 2 is 1.70 bits per heavy atom. The molecule has 0 unspecified atom stereocenters. The zero-order chi connectivity index (χ0) is 23.8. The molecule has 0 bridgehead atoms. The standard InChI is InChI=1S/C25H27ClO7/c26-19-7-6-18(25(32)23(30)22(29)21(28)20(14-27)33-25)13-17(19)12-16-4-2-15(3-5-16)8-11-24(31)9-1-10-24/h2-7,13,20-23,27-32H,1,9-10,12,14H2/t20-,21-,22+,23-,25-/m1/s1. The summed E-state index contributed by atoms with van der Waals surface area (Å²) in [5.74, 6) is 3.58. The second kappa shape index (κ2) is 9.34. The Morgan fingerprint density at radius 1 is 1.00 bits per heavy atom. The number of rotatable bonds is 4. The number of halogens is 1. The summed E-state index contributed by atoms with van der Waals surface area (Å²) in [6.07, 6.45) is -3.59. The molecule has 0 aromatic heterocycles. The summed E-state index contributed by atoms with van der Waals surface area (Å²) in [5, 5.41) is 61.5. The van der Waals surface area contributed by atoms with Crippen molar-refractivity contribution in [2.45, 2.75) is 61.5 Å². The van der Waals surface area contributed by atoms with Gasteiger partial charge >= 0.3 is 0 Å². The van der Waals surface area contributed by atoms with Gasteiger partial charge in [0.25, 0.3) is 0 Å². The van der Waals surface area contributed by atoms with Crippen molar-refractivity contribution in [2.75, 3.05) is 6.61 Å². The minimum absolute atomic E-state index is 0.134. The van der Waals surface area contributed by atoms with E-state index in [0.717, 1.165) is 17.5 Å². The van der Waals surface area contributed by atoms with E-state index in [1.807, 2.05) is 24.3 Å². The molecule has 2 aromatic rings. The lowest BCUT2D eigenvalue weighted by Gasteiger charge is -2.45. The predicted molar refractivity (Wildman–Crippen MR) is 120 cm³/mol. The van der Waals surface area contributed by atoms with Crippen LogP contribution in [0.3, 0.4) is 0 Å². The molecule has 1 aliphatic heterocycles. The van der Waals surface area contributed by atoms with E-state index in [9.17, 15) is 30.6 Å². The summed E-state index contributed by atoms with van der Waals surface area (Å²) < 4.78 is 5.40. The monoisotopic (exact) mass is 474 g/mol. The van der Waals surface area contributed by atoms with Crippen LogP contribution in [-0.2, 0) is 16.9 Å². The Kier molecular flexibility index (Phi) is 6.83. The molecule has 33 heavy (non-hydrogen) atoms. The minimum atomic E-state index is -2.34. The first-order valence-electron chi connectivity index (χ1n) is 10.8. The van der Waals surface area contributed by atoms with Crippen LogP contribution in [0.2, 0.25) is 5.02 Å². The molecule has 5 atom stereocenters. The second-order valence-corrected chi connectivity index (χ2v) is 9.18. The zero-order valence-electron chi connectivity index (χ0n) is 17.9. The minimum Gasteiger partial charge on any atom is -0.394 e. The van der Waals surface area contributed by atoms with Crippen LogP contribution in [0.15, 0.2) is 42.5 Å². The third kappa shape index (κ3) is 4.80. The van der Waals surface area contributed by atoms with E-state index in [2.05, 4.69) is 11.8 Å². The van der Waals surface area contributed by atoms with Gasteiger partial charge in [0.1, 0.15) is 30.0 Å². The molecular weight excluding hydrogens is 448 g/mol. The maximum atomic E-state index is 11.0. The Bertz CT molecular complexity index is 1050. The number of ether oxygens (including phenoxy) is 1. The van der Waals surface area contributed by atoms with Crippen molar-refractivity contribution in [2.24, 2.45) is 0 Å². The predicted octanol–water partition coefficient (Wildman–Crippen LogP) is 0.816.